The van der Waals surface area contributed by atoms with Crippen LogP contribution in [0.5, 0.6) is 5.75 Å². The van der Waals surface area contributed by atoms with Crippen molar-refractivity contribution in [3.8, 4) is 17.0 Å². The Bertz CT molecular complexity index is 1240. The second kappa shape index (κ2) is 7.99. The summed E-state index contributed by atoms with van der Waals surface area (Å²) < 4.78 is 5.26. The predicted octanol–water partition coefficient (Wildman–Crippen LogP) is 6.09. The van der Waals surface area contributed by atoms with Gasteiger partial charge in [-0.05, 0) is 74.4 Å². The number of carbonyl (C=O) groups is 1. The average Bonchev–Trinajstić information content (AvgIpc) is 2.75. The van der Waals surface area contributed by atoms with Gasteiger partial charge in [-0.2, -0.15) is 0 Å². The number of aryl methyl sites for hydroxylation is 3. The number of amides is 1. The summed E-state index contributed by atoms with van der Waals surface area (Å²) in [6.45, 7) is 6.05. The lowest BCUT2D eigenvalue weighted by Crippen LogP contribution is -2.14. The number of para-hydroxylation sites is 1. The minimum atomic E-state index is -0.142. The Morgan fingerprint density at radius 1 is 0.900 bits per heavy atom. The van der Waals surface area contributed by atoms with E-state index in [1.54, 1.807) is 7.11 Å². The molecule has 0 atom stereocenters. The van der Waals surface area contributed by atoms with E-state index in [0.29, 0.717) is 5.56 Å². The molecule has 0 fully saturated rings. The fourth-order valence-electron chi connectivity index (χ4n) is 3.68. The number of nitrogens with one attached hydrogen (secondary N) is 1. The van der Waals surface area contributed by atoms with Crippen LogP contribution < -0.4 is 10.1 Å². The third kappa shape index (κ3) is 3.77. The Balaban J connectivity index is 1.87. The molecule has 4 aromatic rings. The predicted molar refractivity (Wildman–Crippen MR) is 122 cm³/mol. The molecule has 0 aliphatic rings. The number of carbonyl (C=O) groups excluding carboxylic acids is 1. The molecule has 0 aliphatic carbocycles. The summed E-state index contributed by atoms with van der Waals surface area (Å²) in [6, 6.07) is 21.5. The van der Waals surface area contributed by atoms with Gasteiger partial charge >= 0.3 is 0 Å². The number of benzene rings is 3. The van der Waals surface area contributed by atoms with Gasteiger partial charge in [-0.1, -0.05) is 29.8 Å². The van der Waals surface area contributed by atoms with Gasteiger partial charge in [0.05, 0.1) is 23.9 Å². The molecule has 1 aromatic heterocycles. The molecule has 1 heterocycles. The van der Waals surface area contributed by atoms with Gasteiger partial charge in [0, 0.05) is 16.6 Å². The third-order valence-corrected chi connectivity index (χ3v) is 5.27. The topological polar surface area (TPSA) is 51.2 Å². The molecule has 150 valence electrons. The van der Waals surface area contributed by atoms with Crippen molar-refractivity contribution in [2.24, 2.45) is 0 Å². The summed E-state index contributed by atoms with van der Waals surface area (Å²) in [6.07, 6.45) is 0. The second-order valence-corrected chi connectivity index (χ2v) is 7.53. The highest BCUT2D eigenvalue weighted by Crippen LogP contribution is 2.29. The Labute approximate surface area is 176 Å². The smallest absolute Gasteiger partial charge is 0.256 e. The van der Waals surface area contributed by atoms with Gasteiger partial charge in [-0.25, -0.2) is 4.98 Å². The van der Waals surface area contributed by atoms with Gasteiger partial charge in [0.15, 0.2) is 0 Å². The van der Waals surface area contributed by atoms with Crippen molar-refractivity contribution < 1.29 is 9.53 Å². The number of hydrogen-bond donors (Lipinski definition) is 1. The second-order valence-electron chi connectivity index (χ2n) is 7.53. The largest absolute Gasteiger partial charge is 0.497 e. The average molecular weight is 396 g/mol. The van der Waals surface area contributed by atoms with E-state index in [0.717, 1.165) is 50.3 Å². The van der Waals surface area contributed by atoms with Crippen LogP contribution in [0.4, 0.5) is 5.69 Å². The number of nitrogens with zero attached hydrogens (tertiary/aromatic N) is 1. The van der Waals surface area contributed by atoms with E-state index in [1.165, 1.54) is 0 Å². The fraction of sp³-hybridized carbons (Fsp3) is 0.154. The molecule has 1 N–H and O–H groups in total. The van der Waals surface area contributed by atoms with E-state index < -0.39 is 0 Å². The Morgan fingerprint density at radius 3 is 2.33 bits per heavy atom. The molecule has 3 aromatic carbocycles. The molecule has 0 aliphatic heterocycles. The SMILES string of the molecule is COc1ccc(-c2cc(C(=O)Nc3ccccc3C)c3cc(C)cc(C)c3n2)cc1. The van der Waals surface area contributed by atoms with Crippen LogP contribution in [-0.4, -0.2) is 18.0 Å². The Morgan fingerprint density at radius 2 is 1.63 bits per heavy atom. The van der Waals surface area contributed by atoms with E-state index in [-0.39, 0.29) is 5.91 Å². The monoisotopic (exact) mass is 396 g/mol. The standard InChI is InChI=1S/C26H24N2O2/c1-16-13-18(3)25-21(14-16)22(26(29)28-23-8-6-5-7-17(23)2)15-24(27-25)19-9-11-20(30-4)12-10-19/h5-15H,1-4H3,(H,28,29). The van der Waals surface area contributed by atoms with Gasteiger partial charge in [-0.15, -0.1) is 0 Å². The lowest BCUT2D eigenvalue weighted by atomic mass is 9.99. The maximum absolute atomic E-state index is 13.3. The maximum atomic E-state index is 13.3. The molecule has 0 radical (unpaired) electrons. The van der Waals surface area contributed by atoms with E-state index in [9.17, 15) is 4.79 Å². The molecule has 30 heavy (non-hydrogen) atoms. The van der Waals surface area contributed by atoms with E-state index in [2.05, 4.69) is 11.4 Å². The van der Waals surface area contributed by atoms with Crippen molar-refractivity contribution >= 4 is 22.5 Å². The molecular formula is C26H24N2O2. The highest BCUT2D eigenvalue weighted by atomic mass is 16.5. The van der Waals surface area contributed by atoms with Crippen LogP contribution in [0.15, 0.2) is 66.7 Å². The van der Waals surface area contributed by atoms with Crippen LogP contribution in [0.2, 0.25) is 0 Å². The number of anilines is 1. The quantitative estimate of drug-likeness (QED) is 0.454. The van der Waals surface area contributed by atoms with E-state index in [1.807, 2.05) is 81.4 Å². The van der Waals surface area contributed by atoms with Gasteiger partial charge in [0.2, 0.25) is 0 Å². The van der Waals surface area contributed by atoms with Gasteiger partial charge in [0.1, 0.15) is 5.75 Å². The fourth-order valence-corrected chi connectivity index (χ4v) is 3.68. The summed E-state index contributed by atoms with van der Waals surface area (Å²) in [4.78, 5) is 18.2. The molecule has 4 rings (SSSR count). The minimum Gasteiger partial charge on any atom is -0.497 e. The summed E-state index contributed by atoms with van der Waals surface area (Å²) in [5.41, 5.74) is 7.11. The van der Waals surface area contributed by atoms with Gasteiger partial charge in [-0.3, -0.25) is 4.79 Å². The lowest BCUT2D eigenvalue weighted by Gasteiger charge is -2.14. The lowest BCUT2D eigenvalue weighted by molar-refractivity contribution is 0.102. The maximum Gasteiger partial charge on any atom is 0.256 e. The summed E-state index contributed by atoms with van der Waals surface area (Å²) in [5.74, 6) is 0.639. The van der Waals surface area contributed by atoms with E-state index in [4.69, 9.17) is 9.72 Å². The van der Waals surface area contributed by atoms with Crippen molar-refractivity contribution in [2.75, 3.05) is 12.4 Å². The van der Waals surface area contributed by atoms with Crippen LogP contribution in [-0.2, 0) is 0 Å². The highest BCUT2D eigenvalue weighted by molar-refractivity contribution is 6.13. The number of hydrogen-bond acceptors (Lipinski definition) is 3. The molecule has 0 spiro atoms. The van der Waals surface area contributed by atoms with E-state index >= 15 is 0 Å². The first-order valence-corrected chi connectivity index (χ1v) is 9.89. The minimum absolute atomic E-state index is 0.142. The van der Waals surface area contributed by atoms with Crippen molar-refractivity contribution in [1.29, 1.82) is 0 Å². The molecule has 0 bridgehead atoms. The molecule has 4 heteroatoms. The Hall–Kier alpha value is -3.66. The first kappa shape index (κ1) is 19.6. The van der Waals surface area contributed by atoms with Crippen LogP contribution in [0.25, 0.3) is 22.2 Å². The summed E-state index contributed by atoms with van der Waals surface area (Å²) in [5, 5.41) is 3.93. The van der Waals surface area contributed by atoms with Crippen molar-refractivity contribution in [3.05, 3.63) is 89.0 Å². The normalized spacial score (nSPS) is 10.8. The molecule has 4 nitrogen and oxygen atoms in total. The zero-order valence-corrected chi connectivity index (χ0v) is 17.6. The first-order valence-electron chi connectivity index (χ1n) is 9.89. The zero-order chi connectivity index (χ0) is 21.3. The van der Waals surface area contributed by atoms with Crippen molar-refractivity contribution in [3.63, 3.8) is 0 Å². The van der Waals surface area contributed by atoms with Crippen LogP contribution in [0.1, 0.15) is 27.0 Å². The molecule has 1 amide bonds. The molecule has 0 unspecified atom stereocenters. The number of ether oxygens (including phenoxy) is 1. The molecule has 0 saturated heterocycles. The number of rotatable bonds is 4. The van der Waals surface area contributed by atoms with Crippen molar-refractivity contribution in [1.82, 2.24) is 4.98 Å². The number of methoxy groups -OCH3 is 1. The van der Waals surface area contributed by atoms with Gasteiger partial charge < -0.3 is 10.1 Å². The van der Waals surface area contributed by atoms with Crippen molar-refractivity contribution in [2.45, 2.75) is 20.8 Å². The highest BCUT2D eigenvalue weighted by Gasteiger charge is 2.16. The Kier molecular flexibility index (Phi) is 5.23. The van der Waals surface area contributed by atoms with Crippen LogP contribution in [0.3, 0.4) is 0 Å². The first-order chi connectivity index (χ1) is 14.5. The van der Waals surface area contributed by atoms with Crippen LogP contribution in [0, 0.1) is 20.8 Å². The summed E-state index contributed by atoms with van der Waals surface area (Å²) >= 11 is 0. The number of fused-ring (bicyclic) bond motifs is 1. The third-order valence-electron chi connectivity index (χ3n) is 5.27. The number of pyridine rings is 1. The molecule has 0 saturated carbocycles. The molecular weight excluding hydrogens is 372 g/mol. The summed E-state index contributed by atoms with van der Waals surface area (Å²) in [7, 11) is 1.64. The van der Waals surface area contributed by atoms with Crippen LogP contribution >= 0.6 is 0 Å². The zero-order valence-electron chi connectivity index (χ0n) is 17.6. The van der Waals surface area contributed by atoms with Gasteiger partial charge in [0.25, 0.3) is 5.91 Å². The number of aromatic nitrogens is 1.